The Bertz CT molecular complexity index is 1090. The zero-order chi connectivity index (χ0) is 50.7. The molecule has 3 atom stereocenters. The monoisotopic (exact) mass is 984 g/mol. The van der Waals surface area contributed by atoms with Crippen molar-refractivity contribution in [3.05, 3.63) is 36.5 Å². The van der Waals surface area contributed by atoms with Gasteiger partial charge in [-0.25, -0.2) is 0 Å². The van der Waals surface area contributed by atoms with E-state index in [1.54, 1.807) is 6.08 Å². The minimum atomic E-state index is -0.960. The number of nitrogens with one attached hydrogen (secondary N) is 1. The van der Waals surface area contributed by atoms with Crippen molar-refractivity contribution in [2.24, 2.45) is 0 Å². The third-order valence-corrected chi connectivity index (χ3v) is 14.9. The van der Waals surface area contributed by atoms with Crippen molar-refractivity contribution in [1.29, 1.82) is 0 Å². The average molecular weight is 985 g/mol. The maximum absolute atomic E-state index is 12.6. The van der Waals surface area contributed by atoms with E-state index in [9.17, 15) is 20.1 Å². The molecule has 0 bridgehead atoms. The van der Waals surface area contributed by atoms with Gasteiger partial charge in [-0.05, 0) is 44.9 Å². The van der Waals surface area contributed by atoms with Crippen LogP contribution in [0.4, 0.5) is 0 Å². The molecule has 0 aliphatic heterocycles. The van der Waals surface area contributed by atoms with Gasteiger partial charge in [0.25, 0.3) is 0 Å². The first-order valence-electron chi connectivity index (χ1n) is 31.8. The fourth-order valence-corrected chi connectivity index (χ4v) is 10.1. The maximum atomic E-state index is 12.6. The number of carbonyl (C=O) groups is 1. The summed E-state index contributed by atoms with van der Waals surface area (Å²) in [4.78, 5) is 12.6. The summed E-state index contributed by atoms with van der Waals surface area (Å²) >= 11 is 0. The average Bonchev–Trinajstić information content (AvgIpc) is 3.36. The smallest absolute Gasteiger partial charge is 0.222 e. The molecule has 1 amide bonds. The number of hydrogen-bond acceptors (Lipinski definition) is 4. The third kappa shape index (κ3) is 55.9. The summed E-state index contributed by atoms with van der Waals surface area (Å²) < 4.78 is 0. The van der Waals surface area contributed by atoms with Gasteiger partial charge in [-0.3, -0.25) is 4.79 Å². The summed E-state index contributed by atoms with van der Waals surface area (Å²) in [5, 5.41) is 33.5. The number of unbranched alkanes of at least 4 members (excludes halogenated alkanes) is 46. The van der Waals surface area contributed by atoms with E-state index in [2.05, 4.69) is 43.5 Å². The Hall–Kier alpha value is -1.43. The molecule has 5 heteroatoms. The highest BCUT2D eigenvalue weighted by molar-refractivity contribution is 5.76. The van der Waals surface area contributed by atoms with E-state index in [1.165, 1.54) is 283 Å². The van der Waals surface area contributed by atoms with Gasteiger partial charge in [-0.2, -0.15) is 0 Å². The molecule has 0 spiro atoms. The van der Waals surface area contributed by atoms with E-state index in [0.29, 0.717) is 6.42 Å². The summed E-state index contributed by atoms with van der Waals surface area (Å²) in [6.45, 7) is 4.24. The Morgan fingerprint density at radius 2 is 0.614 bits per heavy atom. The zero-order valence-electron chi connectivity index (χ0n) is 47.4. The van der Waals surface area contributed by atoms with E-state index >= 15 is 0 Å². The first kappa shape index (κ1) is 68.6. The minimum absolute atomic E-state index is 0.00594. The molecule has 0 heterocycles. The van der Waals surface area contributed by atoms with Crippen LogP contribution in [0, 0.1) is 0 Å². The molecule has 0 saturated carbocycles. The van der Waals surface area contributed by atoms with Gasteiger partial charge in [0.1, 0.15) is 0 Å². The quantitative estimate of drug-likeness (QED) is 0.0361. The normalized spacial score (nSPS) is 13.4. The Kier molecular flexibility index (Phi) is 58.9. The van der Waals surface area contributed by atoms with Gasteiger partial charge in [0.15, 0.2) is 0 Å². The zero-order valence-corrected chi connectivity index (χ0v) is 47.4. The van der Waals surface area contributed by atoms with Crippen molar-refractivity contribution in [2.45, 2.75) is 366 Å². The Morgan fingerprint density at radius 1 is 0.357 bits per heavy atom. The molecule has 4 N–H and O–H groups in total. The molecule has 0 rings (SSSR count). The molecule has 414 valence electrons. The predicted octanol–water partition coefficient (Wildman–Crippen LogP) is 20.2. The number of rotatable bonds is 59. The first-order valence-corrected chi connectivity index (χ1v) is 31.8. The molecule has 0 aliphatic rings. The lowest BCUT2D eigenvalue weighted by Crippen LogP contribution is -2.45. The van der Waals surface area contributed by atoms with Gasteiger partial charge in [-0.1, -0.05) is 333 Å². The molecule has 5 nitrogen and oxygen atoms in total. The van der Waals surface area contributed by atoms with Crippen molar-refractivity contribution in [1.82, 2.24) is 5.32 Å². The second-order valence-corrected chi connectivity index (χ2v) is 22.0. The van der Waals surface area contributed by atoms with Crippen molar-refractivity contribution >= 4 is 5.91 Å². The number of carbonyl (C=O) groups excluding carboxylic acids is 1. The fourth-order valence-electron chi connectivity index (χ4n) is 10.1. The minimum Gasteiger partial charge on any atom is -0.394 e. The lowest BCUT2D eigenvalue weighted by atomic mass is 10.0. The van der Waals surface area contributed by atoms with Gasteiger partial charge in [0.2, 0.25) is 5.91 Å². The van der Waals surface area contributed by atoms with Crippen molar-refractivity contribution in [3.8, 4) is 0 Å². The maximum Gasteiger partial charge on any atom is 0.222 e. The number of amides is 1. The molecule has 0 aromatic rings. The molecule has 0 saturated heterocycles. The lowest BCUT2D eigenvalue weighted by molar-refractivity contribution is -0.124. The van der Waals surface area contributed by atoms with Gasteiger partial charge in [0.05, 0.1) is 31.3 Å². The van der Waals surface area contributed by atoms with Crippen LogP contribution in [0.3, 0.4) is 0 Å². The summed E-state index contributed by atoms with van der Waals surface area (Å²) in [6.07, 6.45) is 79.4. The van der Waals surface area contributed by atoms with Gasteiger partial charge >= 0.3 is 0 Å². The van der Waals surface area contributed by atoms with Crippen molar-refractivity contribution < 1.29 is 20.1 Å². The van der Waals surface area contributed by atoms with Gasteiger partial charge < -0.3 is 20.6 Å². The summed E-state index contributed by atoms with van der Waals surface area (Å²) in [5.41, 5.74) is 0. The predicted molar refractivity (Wildman–Crippen MR) is 310 cm³/mol. The number of allylic oxidation sites excluding steroid dienone is 5. The van der Waals surface area contributed by atoms with Crippen LogP contribution in [-0.4, -0.2) is 46.1 Å². The lowest BCUT2D eigenvalue weighted by Gasteiger charge is -2.21. The number of aliphatic hydroxyl groups excluding tert-OH is 3. The van der Waals surface area contributed by atoms with Gasteiger partial charge in [-0.15, -0.1) is 0 Å². The molecule has 0 aromatic carbocycles. The van der Waals surface area contributed by atoms with Gasteiger partial charge in [0, 0.05) is 0 Å². The Morgan fingerprint density at radius 3 is 0.914 bits per heavy atom. The highest BCUT2D eigenvalue weighted by atomic mass is 16.3. The van der Waals surface area contributed by atoms with Crippen LogP contribution in [0.2, 0.25) is 0 Å². The van der Waals surface area contributed by atoms with Crippen LogP contribution in [0.15, 0.2) is 36.5 Å². The Labute approximate surface area is 438 Å². The van der Waals surface area contributed by atoms with Crippen LogP contribution in [0.25, 0.3) is 0 Å². The highest BCUT2D eigenvalue weighted by Gasteiger charge is 2.20. The molecule has 0 aliphatic carbocycles. The van der Waals surface area contributed by atoms with Crippen LogP contribution >= 0.6 is 0 Å². The standard InChI is InChI=1S/C65H125NO4/c1-3-5-7-9-11-13-15-17-19-21-23-25-27-29-30-31-32-33-35-36-38-40-42-44-46-48-50-52-54-56-58-62(68)60-65(70)66-63(61-67)64(69)59-57-55-53-51-49-47-45-43-41-39-37-34-28-26-24-22-20-18-16-14-12-10-8-6-4-2/h41,43,49,51,57,59,62-64,67-69H,3-40,42,44-48,50,52-56,58,60-61H2,1-2H3,(H,66,70)/b43-41+,51-49+,59-57+. The molecular weight excluding hydrogens is 859 g/mol. The Balaban J connectivity index is 3.55. The van der Waals surface area contributed by atoms with Crippen molar-refractivity contribution in [3.63, 3.8) is 0 Å². The first-order chi connectivity index (χ1) is 34.5. The van der Waals surface area contributed by atoms with E-state index < -0.39 is 18.2 Å². The van der Waals surface area contributed by atoms with Crippen LogP contribution in [-0.2, 0) is 4.79 Å². The topological polar surface area (TPSA) is 89.8 Å². The summed E-state index contributed by atoms with van der Waals surface area (Å²) in [5.74, 6) is -0.323. The van der Waals surface area contributed by atoms with Crippen molar-refractivity contribution in [2.75, 3.05) is 6.61 Å². The molecular formula is C65H125NO4. The third-order valence-electron chi connectivity index (χ3n) is 14.9. The van der Waals surface area contributed by atoms with E-state index in [-0.39, 0.29) is 18.9 Å². The summed E-state index contributed by atoms with van der Waals surface area (Å²) in [6, 6.07) is -0.768. The molecule has 0 fully saturated rings. The summed E-state index contributed by atoms with van der Waals surface area (Å²) in [7, 11) is 0. The van der Waals surface area contributed by atoms with E-state index in [1.807, 2.05) is 6.08 Å². The fraction of sp³-hybridized carbons (Fsp3) is 0.892. The van der Waals surface area contributed by atoms with Crippen LogP contribution in [0.1, 0.15) is 348 Å². The SMILES string of the molecule is CCCCCCCCCCCCCCCCC/C=C/CC/C=C/CC/C=C/C(O)C(CO)NC(=O)CC(O)CCCCCCCCCCCCCCCCCCCCCCCCCCCCCCCC. The largest absolute Gasteiger partial charge is 0.394 e. The number of hydrogen-bond donors (Lipinski definition) is 4. The number of aliphatic hydroxyl groups is 3. The van der Waals surface area contributed by atoms with Crippen LogP contribution < -0.4 is 5.32 Å². The molecule has 70 heavy (non-hydrogen) atoms. The highest BCUT2D eigenvalue weighted by Crippen LogP contribution is 2.18. The van der Waals surface area contributed by atoms with E-state index in [0.717, 1.165) is 38.5 Å². The molecule has 0 radical (unpaired) electrons. The van der Waals surface area contributed by atoms with E-state index in [4.69, 9.17) is 0 Å². The second kappa shape index (κ2) is 60.1. The molecule has 3 unspecified atom stereocenters. The van der Waals surface area contributed by atoms with Crippen LogP contribution in [0.5, 0.6) is 0 Å². The second-order valence-electron chi connectivity index (χ2n) is 22.0. The molecule has 0 aromatic heterocycles.